The molecule has 1 amide bonds. The first-order chi connectivity index (χ1) is 12.2. The Hall–Kier alpha value is -2.05. The maximum atomic E-state index is 12.1. The number of benzene rings is 1. The van der Waals surface area contributed by atoms with Crippen molar-refractivity contribution in [2.75, 3.05) is 38.7 Å². The molecule has 2 aromatic rings. The van der Waals surface area contributed by atoms with Gasteiger partial charge in [0.1, 0.15) is 6.61 Å². The average Bonchev–Trinajstić information content (AvgIpc) is 3.11. The van der Waals surface area contributed by atoms with E-state index in [-0.39, 0.29) is 5.91 Å². The summed E-state index contributed by atoms with van der Waals surface area (Å²) in [5.74, 6) is 1.26. The van der Waals surface area contributed by atoms with Crippen LogP contribution >= 0.6 is 11.3 Å². The third kappa shape index (κ3) is 6.07. The number of hydrogen-bond acceptors (Lipinski definition) is 5. The molecule has 2 rings (SSSR count). The van der Waals surface area contributed by atoms with E-state index in [9.17, 15) is 4.79 Å². The number of nitrogens with one attached hydrogen (secondary N) is 1. The summed E-state index contributed by atoms with van der Waals surface area (Å²) in [7, 11) is 1.61. The monoisotopic (exact) mass is 362 g/mol. The van der Waals surface area contributed by atoms with Gasteiger partial charge in [0.05, 0.1) is 13.5 Å². The van der Waals surface area contributed by atoms with Gasteiger partial charge in [0, 0.05) is 23.2 Å². The van der Waals surface area contributed by atoms with Crippen molar-refractivity contribution in [2.24, 2.45) is 0 Å². The van der Waals surface area contributed by atoms with Crippen LogP contribution in [0, 0.1) is 0 Å². The molecule has 0 aliphatic rings. The summed E-state index contributed by atoms with van der Waals surface area (Å²) in [6.07, 6.45) is 0.377. The van der Waals surface area contributed by atoms with Crippen molar-refractivity contribution in [3.63, 3.8) is 0 Å². The number of thiophene rings is 1. The normalized spacial score (nSPS) is 10.7. The fraction of sp³-hybridized carbons (Fsp3) is 0.421. The molecule has 0 fully saturated rings. The van der Waals surface area contributed by atoms with Crippen molar-refractivity contribution < 1.29 is 14.3 Å². The molecule has 1 N–H and O–H groups in total. The second-order valence-corrected chi connectivity index (χ2v) is 6.58. The lowest BCUT2D eigenvalue weighted by Crippen LogP contribution is -2.28. The highest BCUT2D eigenvalue weighted by atomic mass is 32.1. The zero-order valence-electron chi connectivity index (χ0n) is 15.1. The first-order valence-electron chi connectivity index (χ1n) is 8.51. The Bertz CT molecular complexity index is 655. The second kappa shape index (κ2) is 10.1. The Balaban J connectivity index is 1.96. The number of carbonyl (C=O) groups excluding carboxylic acids is 1. The Morgan fingerprint density at radius 1 is 1.20 bits per heavy atom. The SMILES string of the molecule is CCN(CC)CCOc1cc(NC(=O)Cc2cccs2)ccc1OC. The highest BCUT2D eigenvalue weighted by Gasteiger charge is 2.10. The van der Waals surface area contributed by atoms with E-state index in [0.29, 0.717) is 30.2 Å². The molecular weight excluding hydrogens is 336 g/mol. The summed E-state index contributed by atoms with van der Waals surface area (Å²) in [6.45, 7) is 7.68. The summed E-state index contributed by atoms with van der Waals surface area (Å²) in [5.41, 5.74) is 0.709. The molecule has 0 spiro atoms. The molecular formula is C19H26N2O3S. The second-order valence-electron chi connectivity index (χ2n) is 5.55. The number of amides is 1. The molecule has 0 aliphatic heterocycles. The van der Waals surface area contributed by atoms with Gasteiger partial charge < -0.3 is 19.7 Å². The smallest absolute Gasteiger partial charge is 0.229 e. The van der Waals surface area contributed by atoms with Gasteiger partial charge in [-0.25, -0.2) is 0 Å². The van der Waals surface area contributed by atoms with Gasteiger partial charge in [0.15, 0.2) is 11.5 Å². The van der Waals surface area contributed by atoms with Gasteiger partial charge in [-0.05, 0) is 36.7 Å². The standard InChI is InChI=1S/C19H26N2O3S/c1-4-21(5-2)10-11-24-18-13-15(8-9-17(18)23-3)20-19(22)14-16-7-6-12-25-16/h6-9,12-13H,4-5,10-11,14H2,1-3H3,(H,20,22). The third-order valence-electron chi connectivity index (χ3n) is 3.92. The predicted octanol–water partition coefficient (Wildman–Crippen LogP) is 3.66. The molecule has 1 heterocycles. The number of anilines is 1. The molecule has 0 saturated carbocycles. The average molecular weight is 362 g/mol. The van der Waals surface area contributed by atoms with E-state index in [1.807, 2.05) is 35.7 Å². The molecule has 0 atom stereocenters. The summed E-state index contributed by atoms with van der Waals surface area (Å²) < 4.78 is 11.2. The van der Waals surface area contributed by atoms with Gasteiger partial charge in [-0.1, -0.05) is 19.9 Å². The van der Waals surface area contributed by atoms with Crippen LogP contribution in [0.15, 0.2) is 35.7 Å². The van der Waals surface area contributed by atoms with Gasteiger partial charge in [-0.3, -0.25) is 4.79 Å². The number of ether oxygens (including phenoxy) is 2. The Morgan fingerprint density at radius 2 is 2.00 bits per heavy atom. The van der Waals surface area contributed by atoms with E-state index in [4.69, 9.17) is 9.47 Å². The van der Waals surface area contributed by atoms with Crippen molar-refractivity contribution in [3.8, 4) is 11.5 Å². The number of likely N-dealkylation sites (N-methyl/N-ethyl adjacent to an activating group) is 1. The van der Waals surface area contributed by atoms with Crippen molar-refractivity contribution in [1.29, 1.82) is 0 Å². The van der Waals surface area contributed by atoms with E-state index < -0.39 is 0 Å². The zero-order valence-corrected chi connectivity index (χ0v) is 15.9. The van der Waals surface area contributed by atoms with Gasteiger partial charge in [0.2, 0.25) is 5.91 Å². The Kier molecular flexibility index (Phi) is 7.76. The molecule has 0 radical (unpaired) electrons. The van der Waals surface area contributed by atoms with Crippen LogP contribution in [0.4, 0.5) is 5.69 Å². The van der Waals surface area contributed by atoms with Crippen LogP contribution in [0.3, 0.4) is 0 Å². The first kappa shape index (κ1) is 19.3. The summed E-state index contributed by atoms with van der Waals surface area (Å²) in [6, 6.07) is 9.35. The summed E-state index contributed by atoms with van der Waals surface area (Å²) in [4.78, 5) is 15.5. The van der Waals surface area contributed by atoms with Crippen molar-refractivity contribution in [2.45, 2.75) is 20.3 Å². The largest absolute Gasteiger partial charge is 0.493 e. The number of hydrogen-bond donors (Lipinski definition) is 1. The van der Waals surface area contributed by atoms with E-state index in [0.717, 1.165) is 24.5 Å². The van der Waals surface area contributed by atoms with Crippen LogP contribution < -0.4 is 14.8 Å². The number of methoxy groups -OCH3 is 1. The van der Waals surface area contributed by atoms with E-state index in [2.05, 4.69) is 24.1 Å². The van der Waals surface area contributed by atoms with Crippen molar-refractivity contribution >= 4 is 22.9 Å². The minimum absolute atomic E-state index is 0.0401. The van der Waals surface area contributed by atoms with Gasteiger partial charge in [-0.15, -0.1) is 11.3 Å². The van der Waals surface area contributed by atoms with Crippen LogP contribution in [0.5, 0.6) is 11.5 Å². The lowest BCUT2D eigenvalue weighted by atomic mass is 10.2. The molecule has 0 aliphatic carbocycles. The van der Waals surface area contributed by atoms with Crippen LogP contribution in [-0.2, 0) is 11.2 Å². The molecule has 136 valence electrons. The number of nitrogens with zero attached hydrogens (tertiary/aromatic N) is 1. The van der Waals surface area contributed by atoms with E-state index in [1.54, 1.807) is 18.4 Å². The maximum Gasteiger partial charge on any atom is 0.229 e. The lowest BCUT2D eigenvalue weighted by Gasteiger charge is -2.19. The quantitative estimate of drug-likeness (QED) is 0.701. The number of carbonyl (C=O) groups is 1. The molecule has 1 aromatic carbocycles. The first-order valence-corrected chi connectivity index (χ1v) is 9.39. The van der Waals surface area contributed by atoms with Crippen molar-refractivity contribution in [3.05, 3.63) is 40.6 Å². The van der Waals surface area contributed by atoms with Crippen LogP contribution in [0.25, 0.3) is 0 Å². The zero-order chi connectivity index (χ0) is 18.1. The third-order valence-corrected chi connectivity index (χ3v) is 4.80. The van der Waals surface area contributed by atoms with Crippen LogP contribution in [-0.4, -0.2) is 44.2 Å². The fourth-order valence-corrected chi connectivity index (χ4v) is 3.17. The maximum absolute atomic E-state index is 12.1. The summed E-state index contributed by atoms with van der Waals surface area (Å²) >= 11 is 1.58. The minimum atomic E-state index is -0.0401. The van der Waals surface area contributed by atoms with Crippen LogP contribution in [0.2, 0.25) is 0 Å². The fourth-order valence-electron chi connectivity index (χ4n) is 2.47. The van der Waals surface area contributed by atoms with E-state index >= 15 is 0 Å². The number of rotatable bonds is 10. The molecule has 5 nitrogen and oxygen atoms in total. The van der Waals surface area contributed by atoms with Gasteiger partial charge in [-0.2, -0.15) is 0 Å². The van der Waals surface area contributed by atoms with Gasteiger partial charge >= 0.3 is 0 Å². The molecule has 25 heavy (non-hydrogen) atoms. The Labute approximate surface area is 153 Å². The highest BCUT2D eigenvalue weighted by Crippen LogP contribution is 2.30. The van der Waals surface area contributed by atoms with Crippen molar-refractivity contribution in [1.82, 2.24) is 4.90 Å². The van der Waals surface area contributed by atoms with E-state index in [1.165, 1.54) is 0 Å². The molecule has 6 heteroatoms. The predicted molar refractivity (Wildman–Crippen MR) is 103 cm³/mol. The van der Waals surface area contributed by atoms with Gasteiger partial charge in [0.25, 0.3) is 0 Å². The van der Waals surface area contributed by atoms with Crippen LogP contribution in [0.1, 0.15) is 18.7 Å². The lowest BCUT2D eigenvalue weighted by molar-refractivity contribution is -0.115. The Morgan fingerprint density at radius 3 is 2.64 bits per heavy atom. The molecule has 0 unspecified atom stereocenters. The summed E-state index contributed by atoms with van der Waals surface area (Å²) in [5, 5.41) is 4.89. The molecule has 0 bridgehead atoms. The topological polar surface area (TPSA) is 50.8 Å². The minimum Gasteiger partial charge on any atom is -0.493 e. The molecule has 0 saturated heterocycles. The highest BCUT2D eigenvalue weighted by molar-refractivity contribution is 7.10. The molecule has 1 aromatic heterocycles.